The number of nitrogens with zero attached hydrogens (tertiary/aromatic N) is 3. The van der Waals surface area contributed by atoms with Crippen molar-refractivity contribution in [2.45, 2.75) is 26.3 Å². The molecule has 3 aromatic rings. The van der Waals surface area contributed by atoms with Gasteiger partial charge >= 0.3 is 0 Å². The molecular formula is C22H27N5O2. The van der Waals surface area contributed by atoms with Crippen molar-refractivity contribution in [3.05, 3.63) is 48.8 Å². The van der Waals surface area contributed by atoms with Gasteiger partial charge in [0.05, 0.1) is 30.6 Å². The molecule has 0 aliphatic carbocycles. The van der Waals surface area contributed by atoms with E-state index in [0.29, 0.717) is 19.8 Å². The molecule has 0 saturated carbocycles. The van der Waals surface area contributed by atoms with E-state index < -0.39 is 0 Å². The SMILES string of the molecule is CCNC(=NCCCn1cnc2ccccc21)Nc1ccc2c(c1)OCCCO2. The average molecular weight is 393 g/mol. The summed E-state index contributed by atoms with van der Waals surface area (Å²) < 4.78 is 13.6. The third-order valence-corrected chi connectivity index (χ3v) is 4.71. The van der Waals surface area contributed by atoms with Gasteiger partial charge in [-0.1, -0.05) is 12.1 Å². The number of fused-ring (bicyclic) bond motifs is 2. The Morgan fingerprint density at radius 2 is 2.00 bits per heavy atom. The number of guanidine groups is 1. The maximum Gasteiger partial charge on any atom is 0.195 e. The summed E-state index contributed by atoms with van der Waals surface area (Å²) in [6, 6.07) is 14.1. The molecule has 152 valence electrons. The number of anilines is 1. The van der Waals surface area contributed by atoms with Gasteiger partial charge in [-0.05, 0) is 37.6 Å². The molecule has 0 fully saturated rings. The Kier molecular flexibility index (Phi) is 6.14. The minimum Gasteiger partial charge on any atom is -0.490 e. The van der Waals surface area contributed by atoms with E-state index in [1.165, 1.54) is 0 Å². The monoisotopic (exact) mass is 393 g/mol. The van der Waals surface area contributed by atoms with Crippen LogP contribution < -0.4 is 20.1 Å². The average Bonchev–Trinajstić information content (AvgIpc) is 3.00. The molecule has 1 aliphatic heterocycles. The van der Waals surface area contributed by atoms with Gasteiger partial charge in [-0.15, -0.1) is 0 Å². The standard InChI is InChI=1S/C22H27N5O2/c1-2-23-22(26-17-9-10-20-21(15-17)29-14-6-13-28-20)24-11-5-12-27-16-25-18-7-3-4-8-19(18)27/h3-4,7-10,15-16H,2,5-6,11-14H2,1H3,(H2,23,24,26). The van der Waals surface area contributed by atoms with Crippen molar-refractivity contribution in [1.82, 2.24) is 14.9 Å². The summed E-state index contributed by atoms with van der Waals surface area (Å²) in [5.74, 6) is 2.33. The van der Waals surface area contributed by atoms with Crippen molar-refractivity contribution in [3.8, 4) is 11.5 Å². The van der Waals surface area contributed by atoms with Gasteiger partial charge in [-0.25, -0.2) is 4.98 Å². The zero-order valence-electron chi connectivity index (χ0n) is 16.7. The van der Waals surface area contributed by atoms with Crippen LogP contribution in [0.3, 0.4) is 0 Å². The van der Waals surface area contributed by atoms with E-state index in [9.17, 15) is 0 Å². The first-order valence-corrected chi connectivity index (χ1v) is 10.2. The molecule has 2 aromatic carbocycles. The topological polar surface area (TPSA) is 72.7 Å². The summed E-state index contributed by atoms with van der Waals surface area (Å²) in [5, 5.41) is 6.65. The molecule has 1 aromatic heterocycles. The Hall–Kier alpha value is -3.22. The Labute approximate surface area is 170 Å². The normalized spacial score (nSPS) is 13.9. The fraction of sp³-hybridized carbons (Fsp3) is 0.364. The van der Waals surface area contributed by atoms with E-state index in [4.69, 9.17) is 14.5 Å². The van der Waals surface area contributed by atoms with Crippen molar-refractivity contribution in [3.63, 3.8) is 0 Å². The van der Waals surface area contributed by atoms with Gasteiger partial charge in [0.1, 0.15) is 0 Å². The van der Waals surface area contributed by atoms with Gasteiger partial charge in [-0.3, -0.25) is 4.99 Å². The van der Waals surface area contributed by atoms with Crippen molar-refractivity contribution >= 4 is 22.7 Å². The molecule has 0 unspecified atom stereocenters. The molecule has 2 N–H and O–H groups in total. The number of ether oxygens (including phenoxy) is 2. The van der Waals surface area contributed by atoms with Crippen LogP contribution in [0, 0.1) is 0 Å². The van der Waals surface area contributed by atoms with E-state index in [0.717, 1.165) is 60.1 Å². The van der Waals surface area contributed by atoms with Crippen LogP contribution in [-0.2, 0) is 6.54 Å². The molecule has 4 rings (SSSR count). The number of nitrogens with one attached hydrogen (secondary N) is 2. The number of para-hydroxylation sites is 2. The number of aromatic nitrogens is 2. The van der Waals surface area contributed by atoms with Crippen LogP contribution in [0.25, 0.3) is 11.0 Å². The molecule has 0 radical (unpaired) electrons. The summed E-state index contributed by atoms with van der Waals surface area (Å²) in [6.07, 6.45) is 3.72. The minimum atomic E-state index is 0.674. The summed E-state index contributed by atoms with van der Waals surface area (Å²) in [5.41, 5.74) is 3.11. The maximum atomic E-state index is 5.77. The minimum absolute atomic E-state index is 0.674. The van der Waals surface area contributed by atoms with Crippen LogP contribution >= 0.6 is 0 Å². The van der Waals surface area contributed by atoms with Gasteiger partial charge in [0.25, 0.3) is 0 Å². The van der Waals surface area contributed by atoms with Crippen LogP contribution in [0.4, 0.5) is 5.69 Å². The number of rotatable bonds is 6. The second-order valence-corrected chi connectivity index (χ2v) is 6.88. The van der Waals surface area contributed by atoms with Crippen molar-refractivity contribution in [2.75, 3.05) is 31.6 Å². The Morgan fingerprint density at radius 1 is 1.14 bits per heavy atom. The second kappa shape index (κ2) is 9.32. The van der Waals surface area contributed by atoms with E-state index in [1.54, 1.807) is 0 Å². The number of aryl methyl sites for hydroxylation is 1. The zero-order chi connectivity index (χ0) is 19.9. The number of benzene rings is 2. The fourth-order valence-corrected chi connectivity index (χ4v) is 3.31. The Balaban J connectivity index is 1.37. The lowest BCUT2D eigenvalue weighted by molar-refractivity contribution is 0.297. The Bertz CT molecular complexity index is 982. The lowest BCUT2D eigenvalue weighted by Crippen LogP contribution is -2.30. The number of aliphatic imine (C=N–C) groups is 1. The number of hydrogen-bond acceptors (Lipinski definition) is 4. The molecular weight excluding hydrogens is 366 g/mol. The van der Waals surface area contributed by atoms with Crippen LogP contribution in [0.1, 0.15) is 19.8 Å². The van der Waals surface area contributed by atoms with Crippen molar-refractivity contribution in [1.29, 1.82) is 0 Å². The lowest BCUT2D eigenvalue weighted by atomic mass is 10.2. The van der Waals surface area contributed by atoms with E-state index in [1.807, 2.05) is 42.7 Å². The maximum absolute atomic E-state index is 5.77. The van der Waals surface area contributed by atoms with Gasteiger partial charge in [0, 0.05) is 37.8 Å². The third-order valence-electron chi connectivity index (χ3n) is 4.71. The van der Waals surface area contributed by atoms with Crippen LogP contribution in [0.2, 0.25) is 0 Å². The molecule has 0 atom stereocenters. The highest BCUT2D eigenvalue weighted by Gasteiger charge is 2.11. The summed E-state index contributed by atoms with van der Waals surface area (Å²) in [4.78, 5) is 9.15. The van der Waals surface area contributed by atoms with E-state index in [2.05, 4.69) is 33.2 Å². The van der Waals surface area contributed by atoms with E-state index >= 15 is 0 Å². The smallest absolute Gasteiger partial charge is 0.195 e. The predicted octanol–water partition coefficient (Wildman–Crippen LogP) is 3.67. The quantitative estimate of drug-likeness (QED) is 0.380. The molecule has 2 heterocycles. The van der Waals surface area contributed by atoms with Crippen molar-refractivity contribution < 1.29 is 9.47 Å². The van der Waals surface area contributed by atoms with Crippen LogP contribution in [0.5, 0.6) is 11.5 Å². The molecule has 7 nitrogen and oxygen atoms in total. The summed E-state index contributed by atoms with van der Waals surface area (Å²) in [7, 11) is 0. The Morgan fingerprint density at radius 3 is 2.90 bits per heavy atom. The summed E-state index contributed by atoms with van der Waals surface area (Å²) >= 11 is 0. The molecule has 0 bridgehead atoms. The number of imidazole rings is 1. The molecule has 0 spiro atoms. The predicted molar refractivity (Wildman–Crippen MR) is 116 cm³/mol. The molecule has 7 heteroatoms. The molecule has 0 saturated heterocycles. The van der Waals surface area contributed by atoms with Gasteiger partial charge in [-0.2, -0.15) is 0 Å². The first-order valence-electron chi connectivity index (χ1n) is 10.2. The lowest BCUT2D eigenvalue weighted by Gasteiger charge is -2.14. The second-order valence-electron chi connectivity index (χ2n) is 6.88. The van der Waals surface area contributed by atoms with Crippen molar-refractivity contribution in [2.24, 2.45) is 4.99 Å². The van der Waals surface area contributed by atoms with Crippen LogP contribution in [-0.4, -0.2) is 41.8 Å². The highest BCUT2D eigenvalue weighted by atomic mass is 16.5. The largest absolute Gasteiger partial charge is 0.490 e. The molecule has 0 amide bonds. The fourth-order valence-electron chi connectivity index (χ4n) is 3.31. The van der Waals surface area contributed by atoms with Gasteiger partial charge in [0.15, 0.2) is 17.5 Å². The van der Waals surface area contributed by atoms with Crippen LogP contribution in [0.15, 0.2) is 53.8 Å². The first-order chi connectivity index (χ1) is 14.3. The van der Waals surface area contributed by atoms with E-state index in [-0.39, 0.29) is 0 Å². The third kappa shape index (κ3) is 4.80. The van der Waals surface area contributed by atoms with Gasteiger partial charge < -0.3 is 24.7 Å². The molecule has 29 heavy (non-hydrogen) atoms. The highest BCUT2D eigenvalue weighted by Crippen LogP contribution is 2.32. The van der Waals surface area contributed by atoms with Gasteiger partial charge in [0.2, 0.25) is 0 Å². The number of hydrogen-bond donors (Lipinski definition) is 2. The highest BCUT2D eigenvalue weighted by molar-refractivity contribution is 5.93. The first kappa shape index (κ1) is 19.1. The summed E-state index contributed by atoms with van der Waals surface area (Å²) in [6.45, 7) is 5.81. The zero-order valence-corrected chi connectivity index (χ0v) is 16.7. The molecule has 1 aliphatic rings.